The van der Waals surface area contributed by atoms with E-state index in [4.69, 9.17) is 5.73 Å². The van der Waals surface area contributed by atoms with E-state index in [-0.39, 0.29) is 5.70 Å². The van der Waals surface area contributed by atoms with E-state index in [2.05, 4.69) is 4.99 Å². The zero-order valence-corrected chi connectivity index (χ0v) is 5.06. The molecule has 9 heavy (non-hydrogen) atoms. The molecule has 0 aliphatic carbocycles. The van der Waals surface area contributed by atoms with Gasteiger partial charge in [-0.25, -0.2) is 9.38 Å². The normalized spacial score (nSPS) is 14.1. The Hall–Kier alpha value is -0.930. The van der Waals surface area contributed by atoms with Gasteiger partial charge < -0.3 is 5.73 Å². The predicted molar refractivity (Wildman–Crippen MR) is 32.5 cm³/mol. The maximum atomic E-state index is 12.1. The van der Waals surface area contributed by atoms with Crippen LogP contribution in [-0.4, -0.2) is 12.8 Å². The number of nitrogens with two attached hydrogens (primary N) is 1. The summed E-state index contributed by atoms with van der Waals surface area (Å²) in [4.78, 5) is 2.79. The summed E-state index contributed by atoms with van der Waals surface area (Å²) in [6.07, 6.45) is 1.31. The van der Waals surface area contributed by atoms with Gasteiger partial charge in [0.05, 0.1) is 5.70 Å². The quantitative estimate of drug-likeness (QED) is 0.446. The number of alkyl halides is 1. The van der Waals surface area contributed by atoms with Crippen LogP contribution >= 0.6 is 0 Å². The predicted octanol–water partition coefficient (Wildman–Crippen LogP) is 1.14. The summed E-state index contributed by atoms with van der Waals surface area (Å²) in [6.45, 7) is 0.475. The summed E-state index contributed by atoms with van der Waals surface area (Å²) in [6, 6.07) is 0. The Morgan fingerprint density at radius 3 is 2.67 bits per heavy atom. The third-order valence-corrected chi connectivity index (χ3v) is 0.748. The van der Waals surface area contributed by atoms with Gasteiger partial charge in [0.1, 0.15) is 0 Å². The molecule has 0 aromatic carbocycles. The molecule has 0 saturated heterocycles. The van der Waals surface area contributed by atoms with Gasteiger partial charge in [0.15, 0.2) is 6.80 Å². The molecule has 2 nitrogen and oxygen atoms in total. The van der Waals surface area contributed by atoms with Crippen LogP contribution in [0.4, 0.5) is 8.78 Å². The molecule has 4 heteroatoms. The molecule has 0 bridgehead atoms. The smallest absolute Gasteiger partial charge is 0.233 e. The summed E-state index contributed by atoms with van der Waals surface area (Å²) in [5.74, 6) is -0.944. The van der Waals surface area contributed by atoms with Crippen molar-refractivity contribution in [2.45, 2.75) is 6.92 Å². The number of hydrogen-bond donors (Lipinski definition) is 1. The number of halogens is 2. The van der Waals surface area contributed by atoms with Crippen molar-refractivity contribution in [1.82, 2.24) is 0 Å². The minimum absolute atomic E-state index is 0.132. The SMILES string of the molecule is C/C=C(N)\C(F)=N/CF. The maximum absolute atomic E-state index is 12.1. The van der Waals surface area contributed by atoms with Crippen molar-refractivity contribution in [3.63, 3.8) is 0 Å². The molecule has 0 aliphatic rings. The van der Waals surface area contributed by atoms with Crippen molar-refractivity contribution in [2.75, 3.05) is 6.80 Å². The van der Waals surface area contributed by atoms with Crippen LogP contribution in [0.25, 0.3) is 0 Å². The highest BCUT2D eigenvalue weighted by molar-refractivity contribution is 5.91. The van der Waals surface area contributed by atoms with E-state index < -0.39 is 12.8 Å². The molecule has 0 radical (unpaired) electrons. The Morgan fingerprint density at radius 1 is 1.78 bits per heavy atom. The van der Waals surface area contributed by atoms with Gasteiger partial charge in [0.25, 0.3) is 0 Å². The molecule has 0 spiro atoms. The van der Waals surface area contributed by atoms with E-state index in [0.717, 1.165) is 0 Å². The molecule has 0 fully saturated rings. The first-order chi connectivity index (χ1) is 4.22. The van der Waals surface area contributed by atoms with E-state index in [1.807, 2.05) is 0 Å². The first kappa shape index (κ1) is 8.07. The fourth-order valence-corrected chi connectivity index (χ4v) is 0.263. The number of nitrogens with zero attached hydrogens (tertiary/aromatic N) is 1. The van der Waals surface area contributed by atoms with Crippen LogP contribution in [0.2, 0.25) is 0 Å². The van der Waals surface area contributed by atoms with Crippen molar-refractivity contribution in [2.24, 2.45) is 10.7 Å². The van der Waals surface area contributed by atoms with E-state index in [0.29, 0.717) is 0 Å². The van der Waals surface area contributed by atoms with Crippen LogP contribution in [0.15, 0.2) is 16.8 Å². The molecular formula is C5H8F2N2. The lowest BCUT2D eigenvalue weighted by Gasteiger charge is -1.90. The average Bonchev–Trinajstić information content (AvgIpc) is 1.87. The van der Waals surface area contributed by atoms with Crippen LogP contribution in [0, 0.1) is 0 Å². The molecule has 0 amide bonds. The van der Waals surface area contributed by atoms with Gasteiger partial charge in [-0.1, -0.05) is 6.08 Å². The molecule has 0 atom stereocenters. The number of hydrogen-bond acceptors (Lipinski definition) is 2. The van der Waals surface area contributed by atoms with Crippen molar-refractivity contribution in [1.29, 1.82) is 0 Å². The molecule has 2 N–H and O–H groups in total. The van der Waals surface area contributed by atoms with Gasteiger partial charge in [-0.15, -0.1) is 0 Å². The van der Waals surface area contributed by atoms with Crippen LogP contribution in [0.1, 0.15) is 6.92 Å². The summed E-state index contributed by atoms with van der Waals surface area (Å²) in [7, 11) is 0. The van der Waals surface area contributed by atoms with Gasteiger partial charge in [-0.05, 0) is 6.92 Å². The second-order valence-electron chi connectivity index (χ2n) is 1.31. The Morgan fingerprint density at radius 2 is 2.33 bits per heavy atom. The molecule has 0 aliphatic heterocycles. The van der Waals surface area contributed by atoms with Crippen molar-refractivity contribution in [3.05, 3.63) is 11.8 Å². The summed E-state index contributed by atoms with van der Waals surface area (Å²) < 4.78 is 23.3. The topological polar surface area (TPSA) is 38.4 Å². The fraction of sp³-hybridized carbons (Fsp3) is 0.400. The van der Waals surface area contributed by atoms with Gasteiger partial charge >= 0.3 is 0 Å². The van der Waals surface area contributed by atoms with Gasteiger partial charge in [0.2, 0.25) is 5.97 Å². The molecule has 0 aromatic heterocycles. The summed E-state index contributed by atoms with van der Waals surface area (Å²) >= 11 is 0. The molecule has 0 aromatic rings. The summed E-state index contributed by atoms with van der Waals surface area (Å²) in [5.41, 5.74) is 4.86. The Kier molecular flexibility index (Phi) is 3.59. The Labute approximate surface area is 52.1 Å². The van der Waals surface area contributed by atoms with E-state index in [1.165, 1.54) is 6.08 Å². The van der Waals surface area contributed by atoms with Crippen molar-refractivity contribution >= 4 is 5.97 Å². The van der Waals surface area contributed by atoms with Crippen LogP contribution in [0.3, 0.4) is 0 Å². The monoisotopic (exact) mass is 134 g/mol. The fourth-order valence-electron chi connectivity index (χ4n) is 0.263. The number of aliphatic imine (C=N–C) groups is 1. The van der Waals surface area contributed by atoms with E-state index in [1.54, 1.807) is 6.92 Å². The lowest BCUT2D eigenvalue weighted by Crippen LogP contribution is -2.05. The first-order valence-electron chi connectivity index (χ1n) is 2.40. The first-order valence-corrected chi connectivity index (χ1v) is 2.40. The average molecular weight is 134 g/mol. The Balaban J connectivity index is 4.03. The number of rotatable bonds is 2. The zero-order chi connectivity index (χ0) is 7.28. The molecule has 52 valence electrons. The van der Waals surface area contributed by atoms with E-state index >= 15 is 0 Å². The van der Waals surface area contributed by atoms with E-state index in [9.17, 15) is 8.78 Å². The lowest BCUT2D eigenvalue weighted by molar-refractivity contribution is 0.507. The third kappa shape index (κ3) is 2.79. The zero-order valence-electron chi connectivity index (χ0n) is 5.06. The minimum atomic E-state index is -1.07. The highest BCUT2D eigenvalue weighted by Crippen LogP contribution is 1.91. The van der Waals surface area contributed by atoms with Crippen molar-refractivity contribution < 1.29 is 8.78 Å². The van der Waals surface area contributed by atoms with Crippen molar-refractivity contribution in [3.8, 4) is 0 Å². The lowest BCUT2D eigenvalue weighted by atomic mass is 10.4. The second-order valence-corrected chi connectivity index (χ2v) is 1.31. The van der Waals surface area contributed by atoms with Crippen LogP contribution in [-0.2, 0) is 0 Å². The minimum Gasteiger partial charge on any atom is -0.395 e. The highest BCUT2D eigenvalue weighted by Gasteiger charge is 1.96. The largest absolute Gasteiger partial charge is 0.395 e. The molecule has 0 rings (SSSR count). The second kappa shape index (κ2) is 4.00. The van der Waals surface area contributed by atoms with Gasteiger partial charge in [-0.2, -0.15) is 4.39 Å². The summed E-state index contributed by atoms with van der Waals surface area (Å²) in [5, 5.41) is 0. The molecule has 0 unspecified atom stereocenters. The highest BCUT2D eigenvalue weighted by atomic mass is 19.1. The van der Waals surface area contributed by atoms with Gasteiger partial charge in [0, 0.05) is 0 Å². The maximum Gasteiger partial charge on any atom is 0.233 e. The Bertz CT molecular complexity index is 140. The molecule has 0 saturated carbocycles. The van der Waals surface area contributed by atoms with Gasteiger partial charge in [-0.3, -0.25) is 0 Å². The standard InChI is InChI=1S/C5H8F2N2/c1-2-4(8)5(7)9-3-6/h2H,3,8H2,1H3/b4-2+,9-5+. The number of allylic oxidation sites excluding steroid dienone is 2. The van der Waals surface area contributed by atoms with Crippen LogP contribution in [0.5, 0.6) is 0 Å². The third-order valence-electron chi connectivity index (χ3n) is 0.748. The molecule has 0 heterocycles. The molecular weight excluding hydrogens is 126 g/mol. The van der Waals surface area contributed by atoms with Crippen LogP contribution < -0.4 is 5.73 Å².